The van der Waals surface area contributed by atoms with E-state index >= 15 is 0 Å². The third-order valence-corrected chi connectivity index (χ3v) is 3.21. The third kappa shape index (κ3) is 2.32. The van der Waals surface area contributed by atoms with Crippen LogP contribution in [0.15, 0.2) is 45.6 Å². The molecule has 3 rings (SSSR count). The molecule has 1 aromatic carbocycles. The molecule has 0 radical (unpaired) electrons. The Hall–Kier alpha value is -2.49. The van der Waals surface area contributed by atoms with Crippen molar-refractivity contribution in [3.05, 3.63) is 52.2 Å². The van der Waals surface area contributed by atoms with Crippen LogP contribution in [0.4, 0.5) is 0 Å². The molecule has 0 saturated heterocycles. The first-order chi connectivity index (χ1) is 9.65. The van der Waals surface area contributed by atoms with Gasteiger partial charge in [-0.25, -0.2) is 4.98 Å². The summed E-state index contributed by atoms with van der Waals surface area (Å²) in [5.74, 6) is 0.643. The second-order valence-corrected chi connectivity index (χ2v) is 4.71. The van der Waals surface area contributed by atoms with E-state index in [1.54, 1.807) is 6.07 Å². The Morgan fingerprint density at radius 1 is 1.20 bits per heavy atom. The van der Waals surface area contributed by atoms with Crippen LogP contribution in [0.5, 0.6) is 0 Å². The zero-order chi connectivity index (χ0) is 14.1. The molecule has 2 aliphatic rings. The summed E-state index contributed by atoms with van der Waals surface area (Å²) in [6.45, 7) is 1.85. The van der Waals surface area contributed by atoms with Crippen molar-refractivity contribution in [2.24, 2.45) is 0 Å². The number of nitrogens with zero attached hydrogens (tertiary/aromatic N) is 1. The highest BCUT2D eigenvalue weighted by Gasteiger charge is 2.10. The van der Waals surface area contributed by atoms with Crippen molar-refractivity contribution in [1.82, 2.24) is 4.98 Å². The molecule has 0 atom stereocenters. The van der Waals surface area contributed by atoms with Gasteiger partial charge >= 0.3 is 0 Å². The second kappa shape index (κ2) is 4.89. The van der Waals surface area contributed by atoms with Crippen LogP contribution >= 0.6 is 0 Å². The number of ketones is 1. The number of aromatic nitrogens is 1. The van der Waals surface area contributed by atoms with E-state index in [4.69, 9.17) is 4.42 Å². The van der Waals surface area contributed by atoms with Crippen LogP contribution in [0.2, 0.25) is 0 Å². The molecule has 100 valence electrons. The monoisotopic (exact) mass is 267 g/mol. The summed E-state index contributed by atoms with van der Waals surface area (Å²) >= 11 is 0. The summed E-state index contributed by atoms with van der Waals surface area (Å²) in [6, 6.07) is 10.1. The van der Waals surface area contributed by atoms with Gasteiger partial charge in [-0.2, -0.15) is 0 Å². The standard InChI is InChI=1S/C16H13NO3/c1-2-11(18)7-10-3-5-13-15(8-10)20-16-9-12(19)4-6-14(16)17-13/h3-6,8-9H,2,7H2,1H3. The van der Waals surface area contributed by atoms with Crippen molar-refractivity contribution in [3.63, 3.8) is 0 Å². The van der Waals surface area contributed by atoms with E-state index in [1.165, 1.54) is 12.1 Å². The van der Waals surface area contributed by atoms with Crippen LogP contribution in [0.1, 0.15) is 18.9 Å². The number of hydrogen-bond donors (Lipinski definition) is 0. The fourth-order valence-electron chi connectivity index (χ4n) is 2.11. The first kappa shape index (κ1) is 12.5. The molecule has 0 spiro atoms. The van der Waals surface area contributed by atoms with Crippen molar-refractivity contribution in [1.29, 1.82) is 0 Å². The Kier molecular flexibility index (Phi) is 3.06. The van der Waals surface area contributed by atoms with E-state index in [0.717, 1.165) is 5.56 Å². The minimum Gasteiger partial charge on any atom is -0.453 e. The van der Waals surface area contributed by atoms with E-state index in [0.29, 0.717) is 35.4 Å². The van der Waals surface area contributed by atoms with E-state index < -0.39 is 0 Å². The Labute approximate surface area is 115 Å². The van der Waals surface area contributed by atoms with Crippen LogP contribution in [-0.2, 0) is 11.2 Å². The van der Waals surface area contributed by atoms with Crippen LogP contribution in [-0.4, -0.2) is 10.8 Å². The maximum absolute atomic E-state index is 11.5. The van der Waals surface area contributed by atoms with E-state index in [1.807, 2.05) is 25.1 Å². The average Bonchev–Trinajstić information content (AvgIpc) is 2.45. The quantitative estimate of drug-likeness (QED) is 0.685. The molecule has 0 saturated carbocycles. The molecular weight excluding hydrogens is 254 g/mol. The summed E-state index contributed by atoms with van der Waals surface area (Å²) in [5, 5.41) is 0. The molecule has 0 amide bonds. The molecule has 1 aliphatic heterocycles. The zero-order valence-corrected chi connectivity index (χ0v) is 11.1. The Morgan fingerprint density at radius 2 is 2.05 bits per heavy atom. The van der Waals surface area contributed by atoms with Gasteiger partial charge in [0.25, 0.3) is 0 Å². The largest absolute Gasteiger partial charge is 0.453 e. The summed E-state index contributed by atoms with van der Waals surface area (Å²) in [6.07, 6.45) is 0.909. The Morgan fingerprint density at radius 3 is 2.85 bits per heavy atom. The molecule has 0 N–H and O–H groups in total. The summed E-state index contributed by atoms with van der Waals surface area (Å²) in [5.41, 5.74) is 2.73. The van der Waals surface area contributed by atoms with Crippen LogP contribution < -0.4 is 5.43 Å². The number of carbonyl (C=O) groups is 1. The lowest BCUT2D eigenvalue weighted by Gasteiger charge is -2.06. The molecule has 0 bridgehead atoms. The Bertz CT molecular complexity index is 819. The van der Waals surface area contributed by atoms with Gasteiger partial charge in [-0.05, 0) is 29.8 Å². The number of Topliss-reactive ketones (excluding diaryl/α,β-unsaturated/α-hetero) is 1. The molecule has 0 unspecified atom stereocenters. The molecule has 1 aromatic rings. The van der Waals surface area contributed by atoms with Gasteiger partial charge in [-0.3, -0.25) is 9.59 Å². The predicted molar refractivity (Wildman–Crippen MR) is 75.9 cm³/mol. The van der Waals surface area contributed by atoms with Crippen molar-refractivity contribution in [2.45, 2.75) is 19.8 Å². The minimum atomic E-state index is -0.111. The van der Waals surface area contributed by atoms with Gasteiger partial charge in [0.2, 0.25) is 0 Å². The lowest BCUT2D eigenvalue weighted by molar-refractivity contribution is -0.118. The van der Waals surface area contributed by atoms with Crippen molar-refractivity contribution in [3.8, 4) is 11.5 Å². The summed E-state index contributed by atoms with van der Waals surface area (Å²) in [4.78, 5) is 27.3. The van der Waals surface area contributed by atoms with Gasteiger partial charge in [-0.15, -0.1) is 0 Å². The maximum Gasteiger partial charge on any atom is 0.182 e. The molecule has 4 heteroatoms. The lowest BCUT2D eigenvalue weighted by atomic mass is 10.1. The van der Waals surface area contributed by atoms with Crippen molar-refractivity contribution < 1.29 is 9.21 Å². The maximum atomic E-state index is 11.5. The van der Waals surface area contributed by atoms with E-state index in [2.05, 4.69) is 4.98 Å². The summed E-state index contributed by atoms with van der Waals surface area (Å²) in [7, 11) is 0. The number of fused-ring (bicyclic) bond motifs is 2. The Balaban J connectivity index is 2.14. The van der Waals surface area contributed by atoms with Crippen LogP contribution in [0, 0.1) is 0 Å². The smallest absolute Gasteiger partial charge is 0.182 e. The summed E-state index contributed by atoms with van der Waals surface area (Å²) < 4.78 is 5.71. The SMILES string of the molecule is CCC(=O)Cc1ccc2nc3ccc(=O)cc-3oc2c1. The van der Waals surface area contributed by atoms with Gasteiger partial charge in [0.05, 0.1) is 0 Å². The topological polar surface area (TPSA) is 60.2 Å². The molecule has 0 fully saturated rings. The first-order valence-corrected chi connectivity index (χ1v) is 6.51. The third-order valence-electron chi connectivity index (χ3n) is 3.21. The number of carbonyl (C=O) groups excluding carboxylic acids is 1. The first-order valence-electron chi connectivity index (χ1n) is 6.51. The van der Waals surface area contributed by atoms with E-state index in [-0.39, 0.29) is 11.2 Å². The van der Waals surface area contributed by atoms with Gasteiger partial charge in [0, 0.05) is 18.9 Å². The number of hydrogen-bond acceptors (Lipinski definition) is 4. The predicted octanol–water partition coefficient (Wildman–Crippen LogP) is 2.81. The van der Waals surface area contributed by atoms with Gasteiger partial charge in [0.15, 0.2) is 16.8 Å². The normalized spacial score (nSPS) is 11.1. The highest BCUT2D eigenvalue weighted by Crippen LogP contribution is 2.24. The molecule has 1 heterocycles. The van der Waals surface area contributed by atoms with Crippen LogP contribution in [0.25, 0.3) is 22.6 Å². The highest BCUT2D eigenvalue weighted by atomic mass is 16.3. The number of rotatable bonds is 3. The highest BCUT2D eigenvalue weighted by molar-refractivity contribution is 5.83. The number of benzene rings is 2. The van der Waals surface area contributed by atoms with Gasteiger partial charge in [0.1, 0.15) is 17.0 Å². The lowest BCUT2D eigenvalue weighted by Crippen LogP contribution is -2.01. The molecular formula is C16H13NO3. The van der Waals surface area contributed by atoms with Gasteiger partial charge in [-0.1, -0.05) is 13.0 Å². The fourth-order valence-corrected chi connectivity index (χ4v) is 2.11. The molecule has 4 nitrogen and oxygen atoms in total. The molecule has 1 aliphatic carbocycles. The van der Waals surface area contributed by atoms with Crippen LogP contribution in [0.3, 0.4) is 0 Å². The van der Waals surface area contributed by atoms with Gasteiger partial charge < -0.3 is 4.42 Å². The second-order valence-electron chi connectivity index (χ2n) is 4.71. The van der Waals surface area contributed by atoms with E-state index in [9.17, 15) is 9.59 Å². The average molecular weight is 267 g/mol. The van der Waals surface area contributed by atoms with Crippen molar-refractivity contribution >= 4 is 16.9 Å². The zero-order valence-electron chi connectivity index (χ0n) is 11.1. The molecule has 0 aromatic heterocycles. The fraction of sp³-hybridized carbons (Fsp3) is 0.188. The molecule has 20 heavy (non-hydrogen) atoms. The van der Waals surface area contributed by atoms with Crippen molar-refractivity contribution in [2.75, 3.05) is 0 Å². The minimum absolute atomic E-state index is 0.111.